The van der Waals surface area contributed by atoms with Gasteiger partial charge in [0.25, 0.3) is 0 Å². The molecule has 0 radical (unpaired) electrons. The molecule has 2 amide bonds. The zero-order valence-electron chi connectivity index (χ0n) is 50.7. The lowest BCUT2D eigenvalue weighted by Crippen LogP contribution is -2.52. The molecule has 4 aromatic rings. The summed E-state index contributed by atoms with van der Waals surface area (Å²) in [6.45, 7) is 9.80. The zero-order valence-corrected chi connectivity index (χ0v) is 54.6. The van der Waals surface area contributed by atoms with E-state index < -0.39 is 74.3 Å². The third-order valence-electron chi connectivity index (χ3n) is 21.7. The van der Waals surface area contributed by atoms with Crippen LogP contribution < -0.4 is 16.4 Å². The first-order valence-corrected chi connectivity index (χ1v) is 32.0. The smallest absolute Gasteiger partial charge is 0.307 e. The van der Waals surface area contributed by atoms with Gasteiger partial charge in [-0.2, -0.15) is 0 Å². The minimum atomic E-state index is -1.25. The lowest BCUT2D eigenvalue weighted by molar-refractivity contribution is -0.249. The molecule has 22 heteroatoms. The lowest BCUT2D eigenvalue weighted by atomic mass is 9.51. The quantitative estimate of drug-likeness (QED) is 0.0812. The molecule has 88 heavy (non-hydrogen) atoms. The molecule has 6 fully saturated rings. The number of hydrogen-bond donors (Lipinski definition) is 6. The van der Waals surface area contributed by atoms with Crippen molar-refractivity contribution in [3.05, 3.63) is 115 Å². The number of carboxylic acid groups (broad SMARTS) is 1. The largest absolute Gasteiger partial charge is 0.481 e. The molecular formula is C66H82Cl5F2N5O10. The highest BCUT2D eigenvalue weighted by atomic mass is 35.5. The van der Waals surface area contributed by atoms with E-state index in [1.54, 1.807) is 43.5 Å². The van der Waals surface area contributed by atoms with E-state index in [0.29, 0.717) is 91.4 Å². The average Bonchev–Trinajstić information content (AvgIpc) is 1.51. The van der Waals surface area contributed by atoms with Crippen molar-refractivity contribution in [3.63, 3.8) is 0 Å². The van der Waals surface area contributed by atoms with Crippen LogP contribution in [0, 0.1) is 51.0 Å². The number of Topliss-reactive ketones (excluding diaryl/α,β-unsaturated/α-hetero) is 1. The van der Waals surface area contributed by atoms with Gasteiger partial charge < -0.3 is 45.9 Å². The second-order valence-corrected chi connectivity index (χ2v) is 29.6. The fourth-order valence-corrected chi connectivity index (χ4v) is 17.8. The van der Waals surface area contributed by atoms with Gasteiger partial charge in [-0.25, -0.2) is 18.7 Å². The van der Waals surface area contributed by atoms with Gasteiger partial charge in [-0.3, -0.25) is 19.2 Å². The second kappa shape index (κ2) is 25.8. The van der Waals surface area contributed by atoms with Crippen molar-refractivity contribution in [2.75, 3.05) is 44.7 Å². The number of aromatic nitrogens is 2. The van der Waals surface area contributed by atoms with Crippen LogP contribution >= 0.6 is 58.8 Å². The van der Waals surface area contributed by atoms with E-state index in [0.717, 1.165) is 50.5 Å². The number of halogens is 7. The number of ether oxygens (including phenoxy) is 3. The Morgan fingerprint density at radius 1 is 0.659 bits per heavy atom. The van der Waals surface area contributed by atoms with Gasteiger partial charge in [0.1, 0.15) is 12.4 Å². The Hall–Kier alpha value is -4.11. The van der Waals surface area contributed by atoms with Crippen molar-refractivity contribution in [1.82, 2.24) is 9.97 Å². The van der Waals surface area contributed by atoms with E-state index in [1.807, 2.05) is 6.07 Å². The number of carbonyl (C=O) groups excluding carboxylic acids is 3. The first-order chi connectivity index (χ1) is 41.0. The number of anilines is 2. The number of aliphatic hydroxyl groups is 2. The number of fused-ring (bicyclic) bond motifs is 6. The van der Waals surface area contributed by atoms with Gasteiger partial charge in [0.2, 0.25) is 11.8 Å². The average molecular weight is 1320 g/mol. The van der Waals surface area contributed by atoms with E-state index in [-0.39, 0.29) is 93.9 Å². The van der Waals surface area contributed by atoms with Crippen molar-refractivity contribution in [3.8, 4) is 0 Å². The standard InChI is InChI=1S/C34H41Cl2FN2O4.C25H25Cl2FN2O3.C7H15NO3.ClH/c1-31(2)11-13-32(14-12-31)18-23(26(40)16-20-6-9-33(42,10-7-20)19-43-3)27(22-8-15-38-29(36)28(22)37)34(32)24-5-4-21(35)17-25(24)39-30(34)41;1-23(2)6-8-24(9-7-23)12-15(21(31)32)18(14-5-10-29-20(27)19(14)28)25(24)16-4-3-13(26)11-17(16)30-22(25)33;1-10-5-7(9)3-2-6(8)4-11-7;/h4-5,8,15,17,20,23,27,42H,6-7,9-14,16,18-19H2,1-3H3,(H,39,41);3-5,10-11,15,18H,6-9,12H2,1-2H3,(H,30,33)(H,31,32);6,9H,2-5,8H2,1H3;1H/t20?,23-,27-,33?,34+;15-,18+,25?;6-,7+;/m011./s1. The van der Waals surface area contributed by atoms with Crippen molar-refractivity contribution < 1.29 is 57.5 Å². The number of carbonyl (C=O) groups is 4. The first-order valence-electron chi connectivity index (χ1n) is 30.4. The fourth-order valence-electron chi connectivity index (χ4n) is 17.2. The summed E-state index contributed by atoms with van der Waals surface area (Å²) < 4.78 is 46.7. The number of nitrogens with two attached hydrogens (primary N) is 1. The van der Waals surface area contributed by atoms with Gasteiger partial charge in [0.15, 0.2) is 27.7 Å². The van der Waals surface area contributed by atoms with Crippen molar-refractivity contribution in [2.24, 2.45) is 45.1 Å². The van der Waals surface area contributed by atoms with E-state index in [4.69, 9.17) is 66.3 Å². The van der Waals surface area contributed by atoms with Gasteiger partial charge in [0.05, 0.1) is 35.6 Å². The maximum absolute atomic E-state index is 16.1. The summed E-state index contributed by atoms with van der Waals surface area (Å²) in [5.74, 6) is -7.11. The number of pyridine rings is 2. The molecule has 2 aromatic carbocycles. The Kier molecular flexibility index (Phi) is 20.0. The highest BCUT2D eigenvalue weighted by Crippen LogP contribution is 2.74. The monoisotopic (exact) mass is 1320 g/mol. The molecule has 1 unspecified atom stereocenters. The number of nitrogens with zero attached hydrogens (tertiary/aromatic N) is 2. The van der Waals surface area contributed by atoms with Gasteiger partial charge in [-0.05, 0) is 183 Å². The molecule has 4 spiro atoms. The van der Waals surface area contributed by atoms with Crippen LogP contribution in [-0.2, 0) is 44.2 Å². The molecule has 5 aliphatic carbocycles. The van der Waals surface area contributed by atoms with Crippen LogP contribution in [0.25, 0.3) is 0 Å². The molecule has 5 heterocycles. The predicted molar refractivity (Wildman–Crippen MR) is 336 cm³/mol. The molecular weight excluding hydrogens is 1240 g/mol. The normalized spacial score (nSPS) is 31.8. The minimum absolute atomic E-state index is 0. The molecule has 480 valence electrons. The van der Waals surface area contributed by atoms with Crippen molar-refractivity contribution in [1.29, 1.82) is 0 Å². The van der Waals surface area contributed by atoms with Crippen LogP contribution in [0.2, 0.25) is 20.4 Å². The third kappa shape index (κ3) is 12.2. The van der Waals surface area contributed by atoms with E-state index >= 15 is 8.78 Å². The maximum Gasteiger partial charge on any atom is 0.307 e. The molecule has 1 saturated heterocycles. The Morgan fingerprint density at radius 3 is 1.52 bits per heavy atom. The number of nitrogens with one attached hydrogen (secondary N) is 2. The molecule has 2 aromatic heterocycles. The summed E-state index contributed by atoms with van der Waals surface area (Å²) in [4.78, 5) is 63.6. The maximum atomic E-state index is 16.1. The topological polar surface area (TPSA) is 233 Å². The Morgan fingerprint density at radius 2 is 1.10 bits per heavy atom. The molecule has 12 rings (SSSR count). The van der Waals surface area contributed by atoms with Crippen LogP contribution in [0.15, 0.2) is 60.9 Å². The van der Waals surface area contributed by atoms with Crippen LogP contribution in [0.4, 0.5) is 20.2 Å². The number of benzene rings is 2. The van der Waals surface area contributed by atoms with Crippen molar-refractivity contribution in [2.45, 2.75) is 177 Å². The van der Waals surface area contributed by atoms with Crippen LogP contribution in [0.5, 0.6) is 0 Å². The van der Waals surface area contributed by atoms with Crippen LogP contribution in [-0.4, -0.2) is 100 Å². The first kappa shape index (κ1) is 68.3. The van der Waals surface area contributed by atoms with Gasteiger partial charge in [0, 0.05) is 84.7 Å². The molecule has 5 saturated carbocycles. The minimum Gasteiger partial charge on any atom is -0.481 e. The Labute approximate surface area is 540 Å². The molecule has 3 aliphatic heterocycles. The van der Waals surface area contributed by atoms with Crippen LogP contribution in [0.3, 0.4) is 0 Å². The molecule has 7 N–H and O–H groups in total. The molecule has 0 bridgehead atoms. The van der Waals surface area contributed by atoms with E-state index in [1.165, 1.54) is 25.6 Å². The molecule has 15 nitrogen and oxygen atoms in total. The number of amides is 2. The molecule has 8 atom stereocenters. The lowest BCUT2D eigenvalue weighted by Gasteiger charge is -2.51. The number of carboxylic acids is 1. The van der Waals surface area contributed by atoms with Gasteiger partial charge in [-0.1, -0.05) is 86.2 Å². The summed E-state index contributed by atoms with van der Waals surface area (Å²) in [6.07, 6.45) is 14.2. The fraction of sp³-hybridized carbons (Fsp3) is 0.606. The number of ketones is 1. The Balaban J connectivity index is 0.000000181. The summed E-state index contributed by atoms with van der Waals surface area (Å²) in [6, 6.07) is 13.8. The van der Waals surface area contributed by atoms with E-state index in [9.17, 15) is 34.5 Å². The van der Waals surface area contributed by atoms with Gasteiger partial charge >= 0.3 is 5.97 Å². The number of methoxy groups -OCH3 is 2. The van der Waals surface area contributed by atoms with Crippen molar-refractivity contribution >= 4 is 93.8 Å². The summed E-state index contributed by atoms with van der Waals surface area (Å²) in [5, 5.41) is 37.2. The Bertz CT molecular complexity index is 3280. The van der Waals surface area contributed by atoms with E-state index in [2.05, 4.69) is 48.3 Å². The highest BCUT2D eigenvalue weighted by molar-refractivity contribution is 6.32. The number of aliphatic carboxylic acids is 1. The van der Waals surface area contributed by atoms with Crippen LogP contribution in [0.1, 0.15) is 171 Å². The SMILES string of the molecule is CC1(C)CCC2(CC1)C[C@@H](C(=O)O)[C@H](c1ccnc(Cl)c1F)C21C(=O)Nc2cc(Cl)ccc21.COCC1(O)CCC(CC(=O)[C@@H]2CC3(CCC(C)(C)CC3)[C@@]3(C(=O)Nc4cc(Cl)ccc43)[C@H]2c2ccnc(Cl)c2F)CC1.COC[C@]1(O)CC[C@@H](N)CO1.Cl. The second-order valence-electron chi connectivity index (χ2n) is 28.0. The number of rotatable bonds is 10. The summed E-state index contributed by atoms with van der Waals surface area (Å²) in [5.41, 5.74) is 4.37. The highest BCUT2D eigenvalue weighted by Gasteiger charge is 2.74. The molecule has 8 aliphatic rings. The third-order valence-corrected chi connectivity index (χ3v) is 22.7. The van der Waals surface area contributed by atoms with Gasteiger partial charge in [-0.15, -0.1) is 12.4 Å². The summed E-state index contributed by atoms with van der Waals surface area (Å²) in [7, 11) is 3.12. The number of hydrogen-bond acceptors (Lipinski definition) is 12. The predicted octanol–water partition coefficient (Wildman–Crippen LogP) is 13.7. The summed E-state index contributed by atoms with van der Waals surface area (Å²) >= 11 is 24.9. The zero-order chi connectivity index (χ0) is 62.9.